The zero-order valence-electron chi connectivity index (χ0n) is 17.0. The van der Waals surface area contributed by atoms with Gasteiger partial charge < -0.3 is 10.1 Å². The van der Waals surface area contributed by atoms with Crippen LogP contribution in [0.4, 0.5) is 14.5 Å². The highest BCUT2D eigenvalue weighted by molar-refractivity contribution is 8.00. The molecule has 0 spiro atoms. The Kier molecular flexibility index (Phi) is 6.74. The van der Waals surface area contributed by atoms with Crippen LogP contribution >= 0.6 is 11.8 Å². The molecule has 31 heavy (non-hydrogen) atoms. The van der Waals surface area contributed by atoms with Crippen molar-refractivity contribution < 1.29 is 18.3 Å². The van der Waals surface area contributed by atoms with Crippen molar-refractivity contribution >= 4 is 34.3 Å². The van der Waals surface area contributed by atoms with Crippen molar-refractivity contribution in [1.82, 2.24) is 14.9 Å². The molecule has 1 aliphatic rings. The second-order valence-corrected chi connectivity index (χ2v) is 8.56. The van der Waals surface area contributed by atoms with Crippen LogP contribution in [0.2, 0.25) is 0 Å². The monoisotopic (exact) mass is 444 g/mol. The Morgan fingerprint density at radius 3 is 2.71 bits per heavy atom. The number of halogens is 2. The van der Waals surface area contributed by atoms with Crippen molar-refractivity contribution in [3.63, 3.8) is 0 Å². The number of nitrogens with one attached hydrogen (secondary N) is 1. The van der Waals surface area contributed by atoms with Crippen molar-refractivity contribution in [2.45, 2.75) is 23.7 Å². The third kappa shape index (κ3) is 5.36. The molecule has 2 heterocycles. The molecule has 4 rings (SSSR count). The first-order valence-electron chi connectivity index (χ1n) is 9.98. The summed E-state index contributed by atoms with van der Waals surface area (Å²) in [7, 11) is 0. The molecule has 1 aliphatic heterocycles. The fraction of sp³-hybridized carbons (Fsp3) is 0.318. The first kappa shape index (κ1) is 21.6. The average Bonchev–Trinajstić information content (AvgIpc) is 2.77. The fourth-order valence-corrected chi connectivity index (χ4v) is 4.21. The van der Waals surface area contributed by atoms with Crippen LogP contribution in [0, 0.1) is 11.6 Å². The zero-order valence-corrected chi connectivity index (χ0v) is 17.8. The van der Waals surface area contributed by atoms with E-state index in [1.165, 1.54) is 17.8 Å². The molecule has 9 heteroatoms. The summed E-state index contributed by atoms with van der Waals surface area (Å²) in [6.45, 7) is 5.39. The molecule has 6 nitrogen and oxygen atoms in total. The largest absolute Gasteiger partial charge is 0.379 e. The number of nitrogens with zero attached hydrogens (tertiary/aromatic N) is 3. The number of thioether (sulfide) groups is 1. The van der Waals surface area contributed by atoms with E-state index in [1.807, 2.05) is 24.3 Å². The predicted octanol–water partition coefficient (Wildman–Crippen LogP) is 3.86. The van der Waals surface area contributed by atoms with Gasteiger partial charge in [-0.15, -0.1) is 0 Å². The van der Waals surface area contributed by atoms with E-state index in [1.54, 1.807) is 6.92 Å². The number of amides is 1. The number of hydrogen-bond donors (Lipinski definition) is 1. The molecule has 1 aromatic heterocycles. The Hall–Kier alpha value is -2.62. The third-order valence-corrected chi connectivity index (χ3v) is 6.03. The number of morpholine rings is 1. The van der Waals surface area contributed by atoms with Gasteiger partial charge in [0, 0.05) is 30.2 Å². The lowest BCUT2D eigenvalue weighted by Gasteiger charge is -2.26. The van der Waals surface area contributed by atoms with Crippen LogP contribution in [0.5, 0.6) is 0 Å². The number of carbonyl (C=O) groups excluding carboxylic acids is 1. The second-order valence-electron chi connectivity index (χ2n) is 7.23. The average molecular weight is 445 g/mol. The number of anilines is 1. The molecule has 1 saturated heterocycles. The molecule has 0 aliphatic carbocycles. The number of aromatic nitrogens is 2. The van der Waals surface area contributed by atoms with E-state index < -0.39 is 16.9 Å². The predicted molar refractivity (Wildman–Crippen MR) is 116 cm³/mol. The highest BCUT2D eigenvalue weighted by atomic mass is 32.2. The second kappa shape index (κ2) is 9.67. The van der Waals surface area contributed by atoms with Crippen molar-refractivity contribution in [2.75, 3.05) is 31.6 Å². The molecule has 1 unspecified atom stereocenters. The van der Waals surface area contributed by atoms with Crippen LogP contribution in [0.15, 0.2) is 47.5 Å². The topological polar surface area (TPSA) is 67.3 Å². The minimum Gasteiger partial charge on any atom is -0.379 e. The van der Waals surface area contributed by atoms with Gasteiger partial charge in [0.05, 0.1) is 30.5 Å². The van der Waals surface area contributed by atoms with Crippen LogP contribution in [0.3, 0.4) is 0 Å². The van der Waals surface area contributed by atoms with Gasteiger partial charge in [-0.3, -0.25) is 9.69 Å². The quantitative estimate of drug-likeness (QED) is 0.460. The van der Waals surface area contributed by atoms with Crippen molar-refractivity contribution in [3.05, 3.63) is 59.9 Å². The third-order valence-electron chi connectivity index (χ3n) is 4.93. The number of ether oxygens (including phenoxy) is 1. The highest BCUT2D eigenvalue weighted by Crippen LogP contribution is 2.29. The van der Waals surface area contributed by atoms with Crippen molar-refractivity contribution in [3.8, 4) is 0 Å². The number of rotatable bonds is 6. The fourth-order valence-electron chi connectivity index (χ4n) is 3.25. The van der Waals surface area contributed by atoms with Crippen LogP contribution in [0.1, 0.15) is 12.7 Å². The van der Waals surface area contributed by atoms with Gasteiger partial charge in [0.25, 0.3) is 0 Å². The number of para-hydroxylation sites is 1. The molecule has 3 aromatic rings. The maximum absolute atomic E-state index is 13.4. The van der Waals surface area contributed by atoms with Gasteiger partial charge in [0.1, 0.15) is 10.9 Å². The van der Waals surface area contributed by atoms with Gasteiger partial charge in [0.2, 0.25) is 5.91 Å². The van der Waals surface area contributed by atoms with E-state index >= 15 is 0 Å². The summed E-state index contributed by atoms with van der Waals surface area (Å²) in [5.74, 6) is -1.60. The Labute approximate surface area is 183 Å². The first-order valence-corrected chi connectivity index (χ1v) is 10.9. The molecular weight excluding hydrogens is 422 g/mol. The van der Waals surface area contributed by atoms with Crippen LogP contribution in [-0.4, -0.2) is 52.3 Å². The summed E-state index contributed by atoms with van der Waals surface area (Å²) in [5.41, 5.74) is 1.02. The van der Waals surface area contributed by atoms with E-state index in [-0.39, 0.29) is 11.6 Å². The lowest BCUT2D eigenvalue weighted by molar-refractivity contribution is -0.115. The number of carbonyl (C=O) groups is 1. The summed E-state index contributed by atoms with van der Waals surface area (Å²) < 4.78 is 31.9. The van der Waals surface area contributed by atoms with Crippen LogP contribution < -0.4 is 5.32 Å². The number of fused-ring (bicyclic) bond motifs is 1. The van der Waals surface area contributed by atoms with Gasteiger partial charge in [-0.2, -0.15) is 0 Å². The van der Waals surface area contributed by atoms with E-state index in [9.17, 15) is 13.6 Å². The summed E-state index contributed by atoms with van der Waals surface area (Å²) in [5, 5.41) is 3.69. The van der Waals surface area contributed by atoms with Gasteiger partial charge in [-0.1, -0.05) is 30.0 Å². The minimum absolute atomic E-state index is 0.205. The minimum atomic E-state index is -1.01. The molecule has 1 atom stereocenters. The number of hydrogen-bond acceptors (Lipinski definition) is 6. The standard InChI is InChI=1S/C22H22F2N4O2S/c1-14(21(29)25-15-6-7-17(23)18(24)12-15)31-22-16-4-2-3-5-19(16)26-20(27-22)13-28-8-10-30-11-9-28/h2-7,12,14H,8-11,13H2,1H3,(H,25,29). The normalized spacial score (nSPS) is 15.7. The van der Waals surface area contributed by atoms with E-state index in [2.05, 4.69) is 15.2 Å². The summed E-state index contributed by atoms with van der Waals surface area (Å²) in [4.78, 5) is 24.3. The van der Waals surface area contributed by atoms with Crippen molar-refractivity contribution in [1.29, 1.82) is 0 Å². The summed E-state index contributed by atoms with van der Waals surface area (Å²) >= 11 is 1.31. The lowest BCUT2D eigenvalue weighted by Crippen LogP contribution is -2.36. The molecule has 0 bridgehead atoms. The Balaban J connectivity index is 1.52. The maximum atomic E-state index is 13.4. The molecule has 2 aromatic carbocycles. The summed E-state index contributed by atoms with van der Waals surface area (Å²) in [6.07, 6.45) is 0. The molecule has 1 fully saturated rings. The molecule has 1 amide bonds. The van der Waals surface area contributed by atoms with Gasteiger partial charge >= 0.3 is 0 Å². The molecule has 1 N–H and O–H groups in total. The smallest absolute Gasteiger partial charge is 0.237 e. The van der Waals surface area contributed by atoms with Gasteiger partial charge in [-0.25, -0.2) is 18.7 Å². The van der Waals surface area contributed by atoms with Crippen molar-refractivity contribution in [2.24, 2.45) is 0 Å². The highest BCUT2D eigenvalue weighted by Gasteiger charge is 2.20. The van der Waals surface area contributed by atoms with E-state index in [0.717, 1.165) is 36.1 Å². The van der Waals surface area contributed by atoms with E-state index in [0.29, 0.717) is 30.6 Å². The van der Waals surface area contributed by atoms with Gasteiger partial charge in [0.15, 0.2) is 11.6 Å². The van der Waals surface area contributed by atoms with Crippen LogP contribution in [0.25, 0.3) is 10.9 Å². The Bertz CT molecular complexity index is 1090. The van der Waals surface area contributed by atoms with E-state index in [4.69, 9.17) is 9.72 Å². The van der Waals surface area contributed by atoms with Gasteiger partial charge in [-0.05, 0) is 25.1 Å². The number of benzene rings is 2. The lowest BCUT2D eigenvalue weighted by atomic mass is 10.2. The maximum Gasteiger partial charge on any atom is 0.237 e. The first-order chi connectivity index (χ1) is 15.0. The molecule has 162 valence electrons. The van der Waals surface area contributed by atoms with Crippen LogP contribution in [-0.2, 0) is 16.1 Å². The SMILES string of the molecule is CC(Sc1nc(CN2CCOCC2)nc2ccccc12)C(=O)Nc1ccc(F)c(F)c1. The Morgan fingerprint density at radius 1 is 1.16 bits per heavy atom. The zero-order chi connectivity index (χ0) is 21.8. The molecule has 0 radical (unpaired) electrons. The Morgan fingerprint density at radius 2 is 1.94 bits per heavy atom. The molecular formula is C22H22F2N4O2S. The summed E-state index contributed by atoms with van der Waals surface area (Å²) in [6, 6.07) is 11.0. The molecule has 0 saturated carbocycles.